The van der Waals surface area contributed by atoms with Crippen molar-refractivity contribution in [1.82, 2.24) is 9.62 Å². The third-order valence-corrected chi connectivity index (χ3v) is 3.41. The van der Waals surface area contributed by atoms with Gasteiger partial charge in [-0.25, -0.2) is 8.51 Å². The lowest BCUT2D eigenvalue weighted by Gasteiger charge is -2.27. The molecule has 1 aliphatic rings. The molecule has 0 spiro atoms. The number of hydrogen-bond donors (Lipinski definition) is 1. The van der Waals surface area contributed by atoms with Gasteiger partial charge in [-0.15, -0.1) is 0 Å². The molecule has 3 nitrogen and oxygen atoms in total. The van der Waals surface area contributed by atoms with E-state index in [0.29, 0.717) is 0 Å². The van der Waals surface area contributed by atoms with Crippen LogP contribution >= 0.6 is 0 Å². The number of nitrogens with zero attached hydrogens (tertiary/aromatic N) is 1. The van der Waals surface area contributed by atoms with Crippen LogP contribution in [0.4, 0.5) is 0 Å². The number of rotatable bonds is 2. The first-order chi connectivity index (χ1) is 5.22. The first-order valence-electron chi connectivity index (χ1n) is 4.08. The second kappa shape index (κ2) is 4.18. The van der Waals surface area contributed by atoms with Crippen LogP contribution in [-0.2, 0) is 11.0 Å². The Hall–Kier alpha value is 0.0700. The normalized spacial score (nSPS) is 23.9. The molecule has 0 radical (unpaired) electrons. The lowest BCUT2D eigenvalue weighted by atomic mass is 10.4. The predicted octanol–water partition coefficient (Wildman–Crippen LogP) is -0.0363. The van der Waals surface area contributed by atoms with Crippen molar-refractivity contribution in [2.45, 2.75) is 19.1 Å². The van der Waals surface area contributed by atoms with Crippen LogP contribution < -0.4 is 5.32 Å². The Labute approximate surface area is 70.7 Å². The summed E-state index contributed by atoms with van der Waals surface area (Å²) in [5, 5.41) is 3.49. The van der Waals surface area contributed by atoms with Crippen LogP contribution in [0, 0.1) is 0 Å². The van der Waals surface area contributed by atoms with Crippen LogP contribution in [0.1, 0.15) is 13.8 Å². The second-order valence-corrected chi connectivity index (χ2v) is 5.02. The van der Waals surface area contributed by atoms with E-state index in [4.69, 9.17) is 0 Å². The third kappa shape index (κ3) is 2.54. The van der Waals surface area contributed by atoms with Gasteiger partial charge in [0.05, 0.1) is 11.0 Å². The first kappa shape index (κ1) is 9.16. The molecule has 0 bridgehead atoms. The maximum atomic E-state index is 11.5. The van der Waals surface area contributed by atoms with Gasteiger partial charge in [0.25, 0.3) is 0 Å². The maximum Gasteiger partial charge on any atom is 0.0969 e. The van der Waals surface area contributed by atoms with E-state index in [-0.39, 0.29) is 5.25 Å². The third-order valence-electron chi connectivity index (χ3n) is 1.73. The molecular formula is C7H16N2OS. The smallest absolute Gasteiger partial charge is 0.0969 e. The summed E-state index contributed by atoms with van der Waals surface area (Å²) in [7, 11) is -0.765. The van der Waals surface area contributed by atoms with Gasteiger partial charge in [0.15, 0.2) is 0 Å². The lowest BCUT2D eigenvalue weighted by Crippen LogP contribution is -2.45. The van der Waals surface area contributed by atoms with E-state index >= 15 is 0 Å². The van der Waals surface area contributed by atoms with Crippen molar-refractivity contribution in [2.24, 2.45) is 0 Å². The lowest BCUT2D eigenvalue weighted by molar-refractivity contribution is 0.378. The summed E-state index contributed by atoms with van der Waals surface area (Å²) in [4.78, 5) is 0. The summed E-state index contributed by atoms with van der Waals surface area (Å²) >= 11 is 0. The average molecular weight is 176 g/mol. The molecule has 1 fully saturated rings. The van der Waals surface area contributed by atoms with Gasteiger partial charge in [-0.05, 0) is 13.8 Å². The molecule has 1 aliphatic heterocycles. The van der Waals surface area contributed by atoms with Gasteiger partial charge in [0, 0.05) is 31.4 Å². The highest BCUT2D eigenvalue weighted by molar-refractivity contribution is 7.83. The van der Waals surface area contributed by atoms with Crippen molar-refractivity contribution in [3.8, 4) is 0 Å². The van der Waals surface area contributed by atoms with Crippen LogP contribution in [-0.4, -0.2) is 39.9 Å². The van der Waals surface area contributed by atoms with E-state index in [1.807, 2.05) is 18.2 Å². The molecule has 1 unspecified atom stereocenters. The standard InChI is InChI=1S/C7H16N2OS/c1-7(2)11(10)9-5-3-8-4-6-9/h7-8H,3-6H2,1-2H3. The Morgan fingerprint density at radius 2 is 1.91 bits per heavy atom. The highest BCUT2D eigenvalue weighted by atomic mass is 32.2. The molecule has 1 heterocycles. The van der Waals surface area contributed by atoms with E-state index in [0.717, 1.165) is 26.2 Å². The van der Waals surface area contributed by atoms with Gasteiger partial charge >= 0.3 is 0 Å². The summed E-state index contributed by atoms with van der Waals surface area (Å²) in [6.45, 7) is 7.78. The van der Waals surface area contributed by atoms with Crippen LogP contribution in [0.2, 0.25) is 0 Å². The van der Waals surface area contributed by atoms with Crippen molar-refractivity contribution in [3.63, 3.8) is 0 Å². The molecule has 0 aromatic carbocycles. The Morgan fingerprint density at radius 3 is 2.36 bits per heavy atom. The summed E-state index contributed by atoms with van der Waals surface area (Å²) in [5.74, 6) is 0. The minimum atomic E-state index is -0.765. The van der Waals surface area contributed by atoms with Crippen LogP contribution in [0.25, 0.3) is 0 Å². The van der Waals surface area contributed by atoms with Gasteiger partial charge in [0.2, 0.25) is 0 Å². The molecule has 0 amide bonds. The van der Waals surface area contributed by atoms with E-state index in [1.165, 1.54) is 0 Å². The van der Waals surface area contributed by atoms with E-state index in [2.05, 4.69) is 5.32 Å². The van der Waals surface area contributed by atoms with Crippen molar-refractivity contribution < 1.29 is 4.21 Å². The van der Waals surface area contributed by atoms with Gasteiger partial charge in [-0.1, -0.05) is 0 Å². The summed E-state index contributed by atoms with van der Waals surface area (Å²) in [6, 6.07) is 0. The van der Waals surface area contributed by atoms with Crippen molar-refractivity contribution >= 4 is 11.0 Å². The fourth-order valence-electron chi connectivity index (χ4n) is 1.12. The molecule has 1 rings (SSSR count). The fraction of sp³-hybridized carbons (Fsp3) is 1.00. The Kier molecular flexibility index (Phi) is 3.48. The maximum absolute atomic E-state index is 11.5. The summed E-state index contributed by atoms with van der Waals surface area (Å²) < 4.78 is 13.5. The Morgan fingerprint density at radius 1 is 1.36 bits per heavy atom. The molecule has 1 atom stereocenters. The van der Waals surface area contributed by atoms with Gasteiger partial charge < -0.3 is 5.32 Å². The minimum absolute atomic E-state index is 0.257. The zero-order valence-electron chi connectivity index (χ0n) is 7.17. The van der Waals surface area contributed by atoms with Crippen LogP contribution in [0.15, 0.2) is 0 Å². The van der Waals surface area contributed by atoms with Crippen molar-refractivity contribution in [3.05, 3.63) is 0 Å². The molecule has 4 heteroatoms. The van der Waals surface area contributed by atoms with Crippen molar-refractivity contribution in [1.29, 1.82) is 0 Å². The van der Waals surface area contributed by atoms with E-state index in [9.17, 15) is 4.21 Å². The fourth-order valence-corrected chi connectivity index (χ4v) is 2.26. The largest absolute Gasteiger partial charge is 0.314 e. The topological polar surface area (TPSA) is 32.3 Å². The van der Waals surface area contributed by atoms with Gasteiger partial charge in [-0.2, -0.15) is 0 Å². The van der Waals surface area contributed by atoms with Crippen molar-refractivity contribution in [2.75, 3.05) is 26.2 Å². The zero-order valence-corrected chi connectivity index (χ0v) is 7.99. The molecule has 0 aromatic rings. The van der Waals surface area contributed by atoms with Crippen LogP contribution in [0.3, 0.4) is 0 Å². The van der Waals surface area contributed by atoms with Gasteiger partial charge in [0.1, 0.15) is 0 Å². The first-order valence-corrected chi connectivity index (χ1v) is 5.25. The minimum Gasteiger partial charge on any atom is -0.314 e. The summed E-state index contributed by atoms with van der Waals surface area (Å²) in [6.07, 6.45) is 0. The Balaban J connectivity index is 2.39. The molecule has 1 saturated heterocycles. The summed E-state index contributed by atoms with van der Waals surface area (Å²) in [5.41, 5.74) is 0. The number of piperazine rings is 1. The van der Waals surface area contributed by atoms with Crippen LogP contribution in [0.5, 0.6) is 0 Å². The number of nitrogens with one attached hydrogen (secondary N) is 1. The zero-order chi connectivity index (χ0) is 8.27. The SMILES string of the molecule is CC(C)S(=O)N1CCNCC1. The molecule has 66 valence electrons. The Bertz CT molecular complexity index is 143. The molecule has 1 N–H and O–H groups in total. The molecule has 11 heavy (non-hydrogen) atoms. The second-order valence-electron chi connectivity index (χ2n) is 3.00. The molecule has 0 saturated carbocycles. The predicted molar refractivity (Wildman–Crippen MR) is 47.7 cm³/mol. The van der Waals surface area contributed by atoms with Gasteiger partial charge in [-0.3, -0.25) is 0 Å². The molecule has 0 aliphatic carbocycles. The quantitative estimate of drug-likeness (QED) is 0.640. The monoisotopic (exact) mass is 176 g/mol. The highest BCUT2D eigenvalue weighted by Crippen LogP contribution is 2.03. The number of hydrogen-bond acceptors (Lipinski definition) is 2. The molecular weight excluding hydrogens is 160 g/mol. The van der Waals surface area contributed by atoms with E-state index < -0.39 is 11.0 Å². The van der Waals surface area contributed by atoms with E-state index in [1.54, 1.807) is 0 Å². The average Bonchev–Trinajstić information content (AvgIpc) is 2.05. The highest BCUT2D eigenvalue weighted by Gasteiger charge is 2.17. The molecule has 0 aromatic heterocycles.